The zero-order valence-electron chi connectivity index (χ0n) is 16.9. The SMILES string of the molecule is CCOc1ccc(Cc2cc([C@@H]3S[C@H](CO)[C@@H](O)[C@H](O)[C@H]3O)c(OC)cc2Cl)cc1. The van der Waals surface area contributed by atoms with Crippen LogP contribution in [0, 0.1) is 0 Å². The summed E-state index contributed by atoms with van der Waals surface area (Å²) in [6.45, 7) is 2.21. The van der Waals surface area contributed by atoms with Gasteiger partial charge in [-0.2, -0.15) is 0 Å². The van der Waals surface area contributed by atoms with Gasteiger partial charge in [0.1, 0.15) is 17.6 Å². The molecule has 1 aliphatic heterocycles. The molecule has 2 aromatic carbocycles. The predicted octanol–water partition coefficient (Wildman–Crippen LogP) is 2.57. The molecule has 164 valence electrons. The van der Waals surface area contributed by atoms with E-state index in [1.54, 1.807) is 6.07 Å². The number of rotatable bonds is 7. The van der Waals surface area contributed by atoms with Crippen molar-refractivity contribution < 1.29 is 29.9 Å². The monoisotopic (exact) mass is 454 g/mol. The van der Waals surface area contributed by atoms with Gasteiger partial charge < -0.3 is 29.9 Å². The molecule has 0 spiro atoms. The molecule has 8 heteroatoms. The summed E-state index contributed by atoms with van der Waals surface area (Å²) >= 11 is 7.70. The first-order chi connectivity index (χ1) is 14.4. The number of halogens is 1. The van der Waals surface area contributed by atoms with Crippen molar-refractivity contribution in [2.75, 3.05) is 20.3 Å². The summed E-state index contributed by atoms with van der Waals surface area (Å²) in [5, 5.41) is 39.9. The summed E-state index contributed by atoms with van der Waals surface area (Å²) in [6.07, 6.45) is -3.25. The van der Waals surface area contributed by atoms with Gasteiger partial charge >= 0.3 is 0 Å². The van der Waals surface area contributed by atoms with Crippen molar-refractivity contribution >= 4 is 23.4 Å². The lowest BCUT2D eigenvalue weighted by Gasteiger charge is -2.40. The average Bonchev–Trinajstić information content (AvgIpc) is 2.75. The first-order valence-electron chi connectivity index (χ1n) is 9.78. The van der Waals surface area contributed by atoms with E-state index in [2.05, 4.69) is 0 Å². The van der Waals surface area contributed by atoms with Crippen LogP contribution in [0.3, 0.4) is 0 Å². The van der Waals surface area contributed by atoms with E-state index in [0.717, 1.165) is 16.9 Å². The van der Waals surface area contributed by atoms with Crippen molar-refractivity contribution in [3.05, 3.63) is 58.1 Å². The second-order valence-corrected chi connectivity index (χ2v) is 8.98. The van der Waals surface area contributed by atoms with Crippen molar-refractivity contribution in [2.45, 2.75) is 42.2 Å². The summed E-state index contributed by atoms with van der Waals surface area (Å²) in [7, 11) is 1.51. The van der Waals surface area contributed by atoms with Crippen molar-refractivity contribution in [2.24, 2.45) is 0 Å². The Bertz CT molecular complexity index is 844. The fourth-order valence-electron chi connectivity index (χ4n) is 3.60. The van der Waals surface area contributed by atoms with Crippen LogP contribution in [-0.2, 0) is 6.42 Å². The van der Waals surface area contributed by atoms with E-state index in [0.29, 0.717) is 29.4 Å². The van der Waals surface area contributed by atoms with Crippen LogP contribution < -0.4 is 9.47 Å². The summed E-state index contributed by atoms with van der Waals surface area (Å²) in [5.74, 6) is 1.28. The Balaban J connectivity index is 1.93. The van der Waals surface area contributed by atoms with Crippen LogP contribution in [0.25, 0.3) is 0 Å². The van der Waals surface area contributed by atoms with Crippen molar-refractivity contribution in [1.82, 2.24) is 0 Å². The number of hydrogen-bond donors (Lipinski definition) is 4. The van der Waals surface area contributed by atoms with E-state index in [9.17, 15) is 20.4 Å². The van der Waals surface area contributed by atoms with Crippen molar-refractivity contribution in [1.29, 1.82) is 0 Å². The molecule has 3 rings (SSSR count). The Hall–Kier alpha value is -1.48. The highest BCUT2D eigenvalue weighted by atomic mass is 35.5. The molecule has 0 saturated carbocycles. The van der Waals surface area contributed by atoms with E-state index >= 15 is 0 Å². The van der Waals surface area contributed by atoms with Gasteiger partial charge in [0, 0.05) is 10.6 Å². The van der Waals surface area contributed by atoms with Crippen LogP contribution in [0.1, 0.15) is 28.9 Å². The van der Waals surface area contributed by atoms with Gasteiger partial charge in [-0.25, -0.2) is 0 Å². The third kappa shape index (κ3) is 4.88. The largest absolute Gasteiger partial charge is 0.496 e. The summed E-state index contributed by atoms with van der Waals surface area (Å²) < 4.78 is 11.0. The molecule has 0 bridgehead atoms. The maximum Gasteiger partial charge on any atom is 0.124 e. The van der Waals surface area contributed by atoms with Crippen LogP contribution in [0.2, 0.25) is 5.02 Å². The fourth-order valence-corrected chi connectivity index (χ4v) is 5.26. The molecule has 1 saturated heterocycles. The smallest absolute Gasteiger partial charge is 0.124 e. The van der Waals surface area contributed by atoms with Gasteiger partial charge in [0.15, 0.2) is 0 Å². The first-order valence-corrected chi connectivity index (χ1v) is 11.1. The van der Waals surface area contributed by atoms with Gasteiger partial charge in [-0.05, 0) is 48.7 Å². The lowest BCUT2D eigenvalue weighted by molar-refractivity contribution is -0.0701. The lowest BCUT2D eigenvalue weighted by atomic mass is 9.94. The highest BCUT2D eigenvalue weighted by molar-refractivity contribution is 8.00. The van der Waals surface area contributed by atoms with E-state index < -0.39 is 28.8 Å². The fraction of sp³-hybridized carbons (Fsp3) is 0.455. The normalized spacial score (nSPS) is 26.4. The molecule has 0 aromatic heterocycles. The van der Waals surface area contributed by atoms with Gasteiger partial charge in [-0.3, -0.25) is 0 Å². The Morgan fingerprint density at radius 3 is 2.33 bits per heavy atom. The van der Waals surface area contributed by atoms with Gasteiger partial charge in [-0.15, -0.1) is 11.8 Å². The summed E-state index contributed by atoms with van der Waals surface area (Å²) in [5.41, 5.74) is 2.53. The summed E-state index contributed by atoms with van der Waals surface area (Å²) in [4.78, 5) is 0. The molecular formula is C22H27ClO6S. The highest BCUT2D eigenvalue weighted by Gasteiger charge is 2.44. The van der Waals surface area contributed by atoms with Crippen LogP contribution in [-0.4, -0.2) is 64.3 Å². The molecule has 1 aliphatic rings. The number of hydrogen-bond acceptors (Lipinski definition) is 7. The van der Waals surface area contributed by atoms with Crippen LogP contribution >= 0.6 is 23.4 Å². The molecule has 0 aliphatic carbocycles. The third-order valence-corrected chi connectivity index (χ3v) is 7.18. The molecule has 0 amide bonds. The Kier molecular flexibility index (Phi) is 7.90. The maximum absolute atomic E-state index is 10.6. The van der Waals surface area contributed by atoms with Gasteiger partial charge in [0.2, 0.25) is 0 Å². The zero-order valence-corrected chi connectivity index (χ0v) is 18.4. The van der Waals surface area contributed by atoms with E-state index in [1.807, 2.05) is 37.3 Å². The first kappa shape index (κ1) is 23.2. The van der Waals surface area contributed by atoms with E-state index in [1.165, 1.54) is 18.9 Å². The predicted molar refractivity (Wildman–Crippen MR) is 118 cm³/mol. The van der Waals surface area contributed by atoms with Gasteiger partial charge in [0.25, 0.3) is 0 Å². The maximum atomic E-state index is 10.6. The number of aliphatic hydroxyl groups excluding tert-OH is 4. The number of ether oxygens (including phenoxy) is 2. The van der Waals surface area contributed by atoms with Gasteiger partial charge in [0.05, 0.1) is 43.0 Å². The lowest BCUT2D eigenvalue weighted by Crippen LogP contribution is -2.51. The topological polar surface area (TPSA) is 99.4 Å². The third-order valence-electron chi connectivity index (χ3n) is 5.23. The second-order valence-electron chi connectivity index (χ2n) is 7.19. The summed E-state index contributed by atoms with van der Waals surface area (Å²) in [6, 6.07) is 11.3. The second kappa shape index (κ2) is 10.2. The van der Waals surface area contributed by atoms with Crippen LogP contribution in [0.5, 0.6) is 11.5 Å². The molecule has 2 aromatic rings. The molecule has 6 nitrogen and oxygen atoms in total. The Morgan fingerprint density at radius 2 is 1.73 bits per heavy atom. The molecule has 0 unspecified atom stereocenters. The molecule has 5 atom stereocenters. The molecular weight excluding hydrogens is 428 g/mol. The minimum atomic E-state index is -1.37. The van der Waals surface area contributed by atoms with E-state index in [-0.39, 0.29) is 6.61 Å². The minimum absolute atomic E-state index is 0.318. The van der Waals surface area contributed by atoms with Crippen molar-refractivity contribution in [3.8, 4) is 11.5 Å². The van der Waals surface area contributed by atoms with E-state index in [4.69, 9.17) is 21.1 Å². The van der Waals surface area contributed by atoms with Gasteiger partial charge in [-0.1, -0.05) is 23.7 Å². The molecule has 0 radical (unpaired) electrons. The standard InChI is InChI=1S/C22H27ClO6S/c1-3-29-14-6-4-12(5-7-14)8-13-9-15(17(28-2)10-16(13)23)22-21(27)20(26)19(25)18(11-24)30-22/h4-7,9-10,18-22,24-27H,3,8,11H2,1-2H3/t18-,19-,20+,21-,22+/m1/s1. The average molecular weight is 455 g/mol. The molecule has 1 fully saturated rings. The quantitative estimate of drug-likeness (QED) is 0.510. The number of aliphatic hydroxyl groups is 4. The molecule has 1 heterocycles. The Morgan fingerprint density at radius 1 is 1.03 bits per heavy atom. The number of thioether (sulfide) groups is 1. The zero-order chi connectivity index (χ0) is 21.8. The number of benzene rings is 2. The highest BCUT2D eigenvalue weighted by Crippen LogP contribution is 2.47. The Labute approximate surface area is 185 Å². The minimum Gasteiger partial charge on any atom is -0.496 e. The molecule has 30 heavy (non-hydrogen) atoms. The van der Waals surface area contributed by atoms with Crippen LogP contribution in [0.15, 0.2) is 36.4 Å². The van der Waals surface area contributed by atoms with Crippen LogP contribution in [0.4, 0.5) is 0 Å². The van der Waals surface area contributed by atoms with Crippen molar-refractivity contribution in [3.63, 3.8) is 0 Å². The number of methoxy groups -OCH3 is 1. The molecule has 4 N–H and O–H groups in total.